The summed E-state index contributed by atoms with van der Waals surface area (Å²) in [5, 5.41) is 3.99. The molecule has 0 fully saturated rings. The van der Waals surface area contributed by atoms with Gasteiger partial charge in [-0.25, -0.2) is 0 Å². The van der Waals surface area contributed by atoms with Crippen molar-refractivity contribution in [1.29, 1.82) is 0 Å². The summed E-state index contributed by atoms with van der Waals surface area (Å²) in [5.74, 6) is 0.926. The molecule has 2 aliphatic rings. The zero-order valence-corrected chi connectivity index (χ0v) is 25.5. The molecule has 0 bridgehead atoms. The summed E-state index contributed by atoms with van der Waals surface area (Å²) >= 11 is 0. The Bertz CT molecular complexity index is 2070. The van der Waals surface area contributed by atoms with Crippen LogP contribution < -0.4 is 0 Å². The van der Waals surface area contributed by atoms with Gasteiger partial charge < -0.3 is 9.13 Å². The number of hydrogen-bond acceptors (Lipinski definition) is 0. The smallest absolute Gasteiger partial charge is 0.0537 e. The fourth-order valence-electron chi connectivity index (χ4n) is 7.98. The first-order valence-corrected chi connectivity index (χ1v) is 15.7. The third-order valence-electron chi connectivity index (χ3n) is 10.1. The SMILES string of the molecule is CC1CC(n2c3ccccc3c3ccccc32)=CC=C1C(C)(C)c1ccc(-n2c3c(c4ccccc42)C=CCC3C)cc1. The van der Waals surface area contributed by atoms with Crippen LogP contribution in [-0.4, -0.2) is 9.13 Å². The second-order valence-electron chi connectivity index (χ2n) is 13.1. The van der Waals surface area contributed by atoms with E-state index in [2.05, 4.69) is 158 Å². The van der Waals surface area contributed by atoms with E-state index >= 15 is 0 Å². The van der Waals surface area contributed by atoms with Gasteiger partial charge in [0.2, 0.25) is 0 Å². The van der Waals surface area contributed by atoms with Crippen molar-refractivity contribution in [2.45, 2.75) is 51.9 Å². The van der Waals surface area contributed by atoms with Crippen LogP contribution >= 0.6 is 0 Å². The Hall–Kier alpha value is -4.56. The molecule has 2 nitrogen and oxygen atoms in total. The molecule has 2 atom stereocenters. The molecule has 0 N–H and O–H groups in total. The number of fused-ring (bicyclic) bond motifs is 6. The van der Waals surface area contributed by atoms with E-state index in [4.69, 9.17) is 0 Å². The quantitative estimate of drug-likeness (QED) is 0.204. The van der Waals surface area contributed by atoms with E-state index in [1.807, 2.05) is 0 Å². The average Bonchev–Trinajstić information content (AvgIpc) is 3.55. The van der Waals surface area contributed by atoms with E-state index in [0.29, 0.717) is 11.8 Å². The minimum Gasteiger partial charge on any atom is -0.313 e. The first-order chi connectivity index (χ1) is 20.9. The molecule has 2 heterocycles. The molecule has 0 radical (unpaired) electrons. The van der Waals surface area contributed by atoms with Crippen LogP contribution in [0, 0.1) is 5.92 Å². The summed E-state index contributed by atoms with van der Waals surface area (Å²) in [6, 6.07) is 35.9. The summed E-state index contributed by atoms with van der Waals surface area (Å²) in [7, 11) is 0. The van der Waals surface area contributed by atoms with Gasteiger partial charge in [0, 0.05) is 50.1 Å². The normalized spacial score (nSPS) is 18.7. The molecule has 4 aromatic carbocycles. The Labute approximate surface area is 254 Å². The average molecular weight is 559 g/mol. The summed E-state index contributed by atoms with van der Waals surface area (Å²) in [6.07, 6.45) is 11.5. The lowest BCUT2D eigenvalue weighted by Gasteiger charge is -2.35. The molecule has 0 amide bonds. The highest BCUT2D eigenvalue weighted by molar-refractivity contribution is 6.10. The van der Waals surface area contributed by atoms with Crippen LogP contribution in [0.5, 0.6) is 0 Å². The molecule has 6 aromatic rings. The van der Waals surface area contributed by atoms with Crippen molar-refractivity contribution in [2.75, 3.05) is 0 Å². The second kappa shape index (κ2) is 9.74. The highest BCUT2D eigenvalue weighted by Gasteiger charge is 2.32. The molecule has 212 valence electrons. The molecule has 43 heavy (non-hydrogen) atoms. The maximum absolute atomic E-state index is 2.50. The topological polar surface area (TPSA) is 9.86 Å². The molecule has 2 aromatic heterocycles. The minimum atomic E-state index is -0.0744. The van der Waals surface area contributed by atoms with Crippen molar-refractivity contribution < 1.29 is 0 Å². The molecule has 0 saturated carbocycles. The standard InChI is InChI=1S/C41H38N2/c1-27-12-11-16-35-34-15-7-10-19-39(34)43(40(27)35)30-22-20-29(21-23-30)41(3,4)36-25-24-31(26-28(36)2)42-37-17-8-5-13-32(37)33-14-6-9-18-38(33)42/h5-11,13-25,27-28H,12,26H2,1-4H3. The highest BCUT2D eigenvalue weighted by atomic mass is 15.0. The molecular weight excluding hydrogens is 520 g/mol. The first kappa shape index (κ1) is 26.1. The maximum atomic E-state index is 2.50. The van der Waals surface area contributed by atoms with Gasteiger partial charge in [0.05, 0.1) is 16.6 Å². The fraction of sp³-hybridized carbons (Fsp3) is 0.220. The largest absolute Gasteiger partial charge is 0.313 e. The lowest BCUT2D eigenvalue weighted by atomic mass is 9.70. The van der Waals surface area contributed by atoms with E-state index in [1.165, 1.54) is 66.5 Å². The molecule has 0 saturated heterocycles. The summed E-state index contributed by atoms with van der Waals surface area (Å²) in [4.78, 5) is 0. The zero-order chi connectivity index (χ0) is 29.3. The summed E-state index contributed by atoms with van der Waals surface area (Å²) < 4.78 is 4.98. The lowest BCUT2D eigenvalue weighted by Crippen LogP contribution is -2.26. The number of benzene rings is 4. The third kappa shape index (κ3) is 3.93. The molecule has 2 unspecified atom stereocenters. The molecule has 8 rings (SSSR count). The van der Waals surface area contributed by atoms with Crippen LogP contribution in [0.25, 0.3) is 50.2 Å². The van der Waals surface area contributed by atoms with Gasteiger partial charge in [-0.3, -0.25) is 0 Å². The monoisotopic (exact) mass is 558 g/mol. The van der Waals surface area contributed by atoms with Gasteiger partial charge in [-0.05, 0) is 60.7 Å². The lowest BCUT2D eigenvalue weighted by molar-refractivity contribution is 0.515. The van der Waals surface area contributed by atoms with Crippen molar-refractivity contribution in [3.63, 3.8) is 0 Å². The third-order valence-corrected chi connectivity index (χ3v) is 10.1. The van der Waals surface area contributed by atoms with Crippen LogP contribution in [0.15, 0.2) is 121 Å². The predicted octanol–water partition coefficient (Wildman–Crippen LogP) is 11.0. The van der Waals surface area contributed by atoms with Gasteiger partial charge in [0.25, 0.3) is 0 Å². The van der Waals surface area contributed by atoms with E-state index in [1.54, 1.807) is 0 Å². The van der Waals surface area contributed by atoms with Gasteiger partial charge in [0.15, 0.2) is 0 Å². The number of para-hydroxylation sites is 3. The van der Waals surface area contributed by atoms with Crippen LogP contribution in [-0.2, 0) is 5.41 Å². The van der Waals surface area contributed by atoms with Gasteiger partial charge >= 0.3 is 0 Å². The van der Waals surface area contributed by atoms with Crippen LogP contribution in [0.2, 0.25) is 0 Å². The number of allylic oxidation sites excluding steroid dienone is 5. The number of rotatable bonds is 4. The van der Waals surface area contributed by atoms with E-state index in [-0.39, 0.29) is 5.41 Å². The second-order valence-corrected chi connectivity index (χ2v) is 13.1. The van der Waals surface area contributed by atoms with Crippen LogP contribution in [0.4, 0.5) is 0 Å². The predicted molar refractivity (Wildman–Crippen MR) is 184 cm³/mol. The van der Waals surface area contributed by atoms with Gasteiger partial charge in [-0.2, -0.15) is 0 Å². The maximum Gasteiger partial charge on any atom is 0.0537 e. The molecule has 0 spiro atoms. The number of hydrogen-bond donors (Lipinski definition) is 0. The van der Waals surface area contributed by atoms with E-state index in [9.17, 15) is 0 Å². The van der Waals surface area contributed by atoms with Crippen LogP contribution in [0.1, 0.15) is 63.3 Å². The van der Waals surface area contributed by atoms with Gasteiger partial charge in [-0.1, -0.05) is 118 Å². The zero-order valence-electron chi connectivity index (χ0n) is 25.5. The number of nitrogens with zero attached hydrogens (tertiary/aromatic N) is 2. The molecular formula is C41H38N2. The van der Waals surface area contributed by atoms with Gasteiger partial charge in [-0.15, -0.1) is 0 Å². The van der Waals surface area contributed by atoms with Crippen molar-refractivity contribution in [3.05, 3.63) is 138 Å². The van der Waals surface area contributed by atoms with Crippen molar-refractivity contribution >= 4 is 44.5 Å². The van der Waals surface area contributed by atoms with Crippen LogP contribution in [0.3, 0.4) is 0 Å². The molecule has 2 heteroatoms. The van der Waals surface area contributed by atoms with E-state index in [0.717, 1.165) is 12.8 Å². The van der Waals surface area contributed by atoms with E-state index < -0.39 is 0 Å². The van der Waals surface area contributed by atoms with Crippen molar-refractivity contribution in [2.24, 2.45) is 5.92 Å². The number of aromatic nitrogens is 2. The Balaban J connectivity index is 1.18. The van der Waals surface area contributed by atoms with Crippen molar-refractivity contribution in [3.8, 4) is 5.69 Å². The first-order valence-electron chi connectivity index (χ1n) is 15.7. The summed E-state index contributed by atoms with van der Waals surface area (Å²) in [5.41, 5.74) is 12.1. The minimum absolute atomic E-state index is 0.0744. The summed E-state index contributed by atoms with van der Waals surface area (Å²) in [6.45, 7) is 9.54. The highest BCUT2D eigenvalue weighted by Crippen LogP contribution is 2.44. The van der Waals surface area contributed by atoms with Crippen molar-refractivity contribution in [1.82, 2.24) is 9.13 Å². The Morgan fingerprint density at radius 2 is 1.21 bits per heavy atom. The molecule has 0 aliphatic heterocycles. The Kier molecular flexibility index (Phi) is 5.91. The Morgan fingerprint density at radius 3 is 1.84 bits per heavy atom. The van der Waals surface area contributed by atoms with Gasteiger partial charge in [0.1, 0.15) is 0 Å². The fourth-order valence-corrected chi connectivity index (χ4v) is 7.98. The molecule has 2 aliphatic carbocycles. The Morgan fingerprint density at radius 1 is 0.628 bits per heavy atom.